The summed E-state index contributed by atoms with van der Waals surface area (Å²) < 4.78 is 11.6. The SMILES string of the molecule is COCC(C)OCc1ccc(Br)cc1. The maximum atomic E-state index is 5.57. The molecule has 0 saturated carbocycles. The van der Waals surface area contributed by atoms with Crippen LogP contribution in [-0.4, -0.2) is 19.8 Å². The minimum absolute atomic E-state index is 0.142. The van der Waals surface area contributed by atoms with Crippen molar-refractivity contribution in [3.05, 3.63) is 34.3 Å². The van der Waals surface area contributed by atoms with Crippen LogP contribution in [0.5, 0.6) is 0 Å². The summed E-state index contributed by atoms with van der Waals surface area (Å²) in [4.78, 5) is 0. The van der Waals surface area contributed by atoms with E-state index < -0.39 is 0 Å². The molecule has 0 radical (unpaired) electrons. The van der Waals surface area contributed by atoms with Crippen LogP contribution in [0.2, 0.25) is 0 Å². The second kappa shape index (κ2) is 6.17. The summed E-state index contributed by atoms with van der Waals surface area (Å²) in [5.41, 5.74) is 1.18. The van der Waals surface area contributed by atoms with Crippen LogP contribution >= 0.6 is 15.9 Å². The highest BCUT2D eigenvalue weighted by Gasteiger charge is 2.01. The predicted octanol–water partition coefficient (Wildman–Crippen LogP) is 3.00. The summed E-state index contributed by atoms with van der Waals surface area (Å²) in [6, 6.07) is 8.12. The highest BCUT2D eigenvalue weighted by atomic mass is 79.9. The van der Waals surface area contributed by atoms with Gasteiger partial charge in [-0.25, -0.2) is 0 Å². The molecule has 1 aromatic rings. The Hall–Kier alpha value is -0.380. The van der Waals surface area contributed by atoms with Crippen molar-refractivity contribution in [3.63, 3.8) is 0 Å². The van der Waals surface area contributed by atoms with Crippen molar-refractivity contribution in [2.24, 2.45) is 0 Å². The summed E-state index contributed by atoms with van der Waals surface area (Å²) in [5.74, 6) is 0. The molecule has 1 rings (SSSR count). The van der Waals surface area contributed by atoms with E-state index in [9.17, 15) is 0 Å². The molecule has 0 aromatic heterocycles. The van der Waals surface area contributed by atoms with E-state index in [0.717, 1.165) is 4.47 Å². The van der Waals surface area contributed by atoms with Gasteiger partial charge in [0.25, 0.3) is 0 Å². The van der Waals surface area contributed by atoms with Crippen molar-refractivity contribution in [2.45, 2.75) is 19.6 Å². The number of halogens is 1. The molecule has 0 spiro atoms. The summed E-state index contributed by atoms with van der Waals surface area (Å²) >= 11 is 3.39. The van der Waals surface area contributed by atoms with Crippen LogP contribution in [-0.2, 0) is 16.1 Å². The molecule has 1 unspecified atom stereocenters. The zero-order valence-corrected chi connectivity index (χ0v) is 10.1. The highest BCUT2D eigenvalue weighted by molar-refractivity contribution is 9.10. The van der Waals surface area contributed by atoms with Crippen molar-refractivity contribution in [3.8, 4) is 0 Å². The van der Waals surface area contributed by atoms with Crippen molar-refractivity contribution in [1.29, 1.82) is 0 Å². The molecule has 1 atom stereocenters. The van der Waals surface area contributed by atoms with Crippen molar-refractivity contribution < 1.29 is 9.47 Å². The van der Waals surface area contributed by atoms with E-state index in [1.54, 1.807) is 7.11 Å². The van der Waals surface area contributed by atoms with E-state index in [1.807, 2.05) is 31.2 Å². The fourth-order valence-electron chi connectivity index (χ4n) is 1.10. The molecule has 14 heavy (non-hydrogen) atoms. The van der Waals surface area contributed by atoms with Crippen LogP contribution in [0.4, 0.5) is 0 Å². The Morgan fingerprint density at radius 3 is 2.50 bits per heavy atom. The Balaban J connectivity index is 2.34. The van der Waals surface area contributed by atoms with Gasteiger partial charge in [-0.05, 0) is 24.6 Å². The fourth-order valence-corrected chi connectivity index (χ4v) is 1.37. The third-order valence-electron chi connectivity index (χ3n) is 1.85. The quantitative estimate of drug-likeness (QED) is 0.809. The van der Waals surface area contributed by atoms with Crippen molar-refractivity contribution in [2.75, 3.05) is 13.7 Å². The smallest absolute Gasteiger partial charge is 0.0784 e. The van der Waals surface area contributed by atoms with E-state index in [-0.39, 0.29) is 6.10 Å². The topological polar surface area (TPSA) is 18.5 Å². The van der Waals surface area contributed by atoms with Gasteiger partial charge in [0.2, 0.25) is 0 Å². The Morgan fingerprint density at radius 1 is 1.29 bits per heavy atom. The monoisotopic (exact) mass is 258 g/mol. The second-order valence-electron chi connectivity index (χ2n) is 3.20. The molecule has 78 valence electrons. The molecule has 1 aromatic carbocycles. The number of hydrogen-bond donors (Lipinski definition) is 0. The summed E-state index contributed by atoms with van der Waals surface area (Å²) in [7, 11) is 1.68. The number of rotatable bonds is 5. The van der Waals surface area contributed by atoms with E-state index in [4.69, 9.17) is 9.47 Å². The van der Waals surface area contributed by atoms with Gasteiger partial charge >= 0.3 is 0 Å². The van der Waals surface area contributed by atoms with Gasteiger partial charge in [0.05, 0.1) is 19.3 Å². The molecule has 3 heteroatoms. The van der Waals surface area contributed by atoms with Gasteiger partial charge in [-0.2, -0.15) is 0 Å². The number of benzene rings is 1. The molecule has 0 heterocycles. The molecule has 0 amide bonds. The summed E-state index contributed by atoms with van der Waals surface area (Å²) in [6.07, 6.45) is 0.142. The first-order valence-corrected chi connectivity index (χ1v) is 5.36. The first kappa shape index (κ1) is 11.7. The molecule has 0 fully saturated rings. The lowest BCUT2D eigenvalue weighted by Crippen LogP contribution is -2.14. The van der Waals surface area contributed by atoms with E-state index in [2.05, 4.69) is 15.9 Å². The lowest BCUT2D eigenvalue weighted by Gasteiger charge is -2.11. The maximum Gasteiger partial charge on any atom is 0.0784 e. The van der Waals surface area contributed by atoms with Crippen molar-refractivity contribution in [1.82, 2.24) is 0 Å². The largest absolute Gasteiger partial charge is 0.382 e. The van der Waals surface area contributed by atoms with Crippen LogP contribution in [0.25, 0.3) is 0 Å². The lowest BCUT2D eigenvalue weighted by atomic mass is 10.2. The Bertz CT molecular complexity index is 258. The second-order valence-corrected chi connectivity index (χ2v) is 4.12. The highest BCUT2D eigenvalue weighted by Crippen LogP contribution is 2.11. The number of hydrogen-bond acceptors (Lipinski definition) is 2. The molecular weight excluding hydrogens is 244 g/mol. The molecule has 0 N–H and O–H groups in total. The average Bonchev–Trinajstić information content (AvgIpc) is 2.17. The Morgan fingerprint density at radius 2 is 1.93 bits per heavy atom. The third kappa shape index (κ3) is 4.22. The van der Waals surface area contributed by atoms with E-state index in [1.165, 1.54) is 5.56 Å². The Kier molecular flexibility index (Phi) is 5.15. The van der Waals surface area contributed by atoms with Crippen molar-refractivity contribution >= 4 is 15.9 Å². The lowest BCUT2D eigenvalue weighted by molar-refractivity contribution is -0.000128. The molecule has 0 saturated heterocycles. The fraction of sp³-hybridized carbons (Fsp3) is 0.455. The molecule has 0 aliphatic carbocycles. The minimum atomic E-state index is 0.142. The average molecular weight is 259 g/mol. The first-order chi connectivity index (χ1) is 6.72. The van der Waals surface area contributed by atoms with Gasteiger partial charge < -0.3 is 9.47 Å². The molecular formula is C11H15BrO2. The number of methoxy groups -OCH3 is 1. The van der Waals surface area contributed by atoms with E-state index >= 15 is 0 Å². The van der Waals surface area contributed by atoms with Crippen LogP contribution < -0.4 is 0 Å². The minimum Gasteiger partial charge on any atom is -0.382 e. The van der Waals surface area contributed by atoms with Gasteiger partial charge in [-0.15, -0.1) is 0 Å². The Labute approximate surface area is 93.4 Å². The summed E-state index contributed by atoms with van der Waals surface area (Å²) in [6.45, 7) is 3.27. The van der Waals surface area contributed by atoms with Crippen LogP contribution in [0.15, 0.2) is 28.7 Å². The van der Waals surface area contributed by atoms with Gasteiger partial charge in [0, 0.05) is 11.6 Å². The first-order valence-electron chi connectivity index (χ1n) is 4.57. The third-order valence-corrected chi connectivity index (χ3v) is 2.38. The van der Waals surface area contributed by atoms with Gasteiger partial charge in [0.15, 0.2) is 0 Å². The molecule has 0 aliphatic heterocycles. The number of ether oxygens (including phenoxy) is 2. The van der Waals surface area contributed by atoms with Crippen LogP contribution in [0.1, 0.15) is 12.5 Å². The normalized spacial score (nSPS) is 12.8. The molecule has 0 bridgehead atoms. The summed E-state index contributed by atoms with van der Waals surface area (Å²) in [5, 5.41) is 0. The zero-order valence-electron chi connectivity index (χ0n) is 8.50. The molecule has 2 nitrogen and oxygen atoms in total. The predicted molar refractivity (Wildman–Crippen MR) is 60.3 cm³/mol. The van der Waals surface area contributed by atoms with E-state index in [0.29, 0.717) is 13.2 Å². The molecule has 0 aliphatic rings. The van der Waals surface area contributed by atoms with Crippen LogP contribution in [0.3, 0.4) is 0 Å². The van der Waals surface area contributed by atoms with Gasteiger partial charge in [-0.3, -0.25) is 0 Å². The van der Waals surface area contributed by atoms with Gasteiger partial charge in [0.1, 0.15) is 0 Å². The standard InChI is InChI=1S/C11H15BrO2/c1-9(7-13-2)14-8-10-3-5-11(12)6-4-10/h3-6,9H,7-8H2,1-2H3. The van der Waals surface area contributed by atoms with Crippen LogP contribution in [0, 0.1) is 0 Å². The maximum absolute atomic E-state index is 5.57. The van der Waals surface area contributed by atoms with Gasteiger partial charge in [-0.1, -0.05) is 28.1 Å². The zero-order chi connectivity index (χ0) is 10.4.